The molecule has 14 heavy (non-hydrogen) atoms. The molecule has 0 aliphatic heterocycles. The third kappa shape index (κ3) is 1.91. The molecule has 1 aromatic heterocycles. The van der Waals surface area contributed by atoms with E-state index in [4.69, 9.17) is 0 Å². The molecule has 1 fully saturated rings. The predicted molar refractivity (Wildman–Crippen MR) is 58.6 cm³/mol. The van der Waals surface area contributed by atoms with Crippen molar-refractivity contribution in [3.63, 3.8) is 0 Å². The number of hydrogen-bond donors (Lipinski definition) is 2. The average molecular weight is 193 g/mol. The molecule has 3 heteroatoms. The van der Waals surface area contributed by atoms with Crippen LogP contribution in [0.1, 0.15) is 43.5 Å². The molecule has 0 saturated heterocycles. The van der Waals surface area contributed by atoms with Crippen LogP contribution in [0.25, 0.3) is 0 Å². The van der Waals surface area contributed by atoms with Gasteiger partial charge in [0.2, 0.25) is 0 Å². The van der Waals surface area contributed by atoms with Crippen molar-refractivity contribution >= 4 is 5.69 Å². The standard InChI is InChI=1S/C11H19N3/c1-8-11(9(2)14-13-8)12-10-6-4-3-5-7-10/h10,12H,3-7H2,1-2H3,(H,13,14). The molecule has 1 saturated carbocycles. The van der Waals surface area contributed by atoms with Crippen LogP contribution in [-0.2, 0) is 0 Å². The normalized spacial score (nSPS) is 18.4. The molecule has 1 aliphatic rings. The Labute approximate surface area is 85.3 Å². The Morgan fingerprint density at radius 1 is 1.21 bits per heavy atom. The third-order valence-corrected chi connectivity index (χ3v) is 3.08. The van der Waals surface area contributed by atoms with Gasteiger partial charge >= 0.3 is 0 Å². The van der Waals surface area contributed by atoms with Gasteiger partial charge in [-0.1, -0.05) is 19.3 Å². The van der Waals surface area contributed by atoms with Gasteiger partial charge in [-0.25, -0.2) is 0 Å². The maximum Gasteiger partial charge on any atom is 0.0825 e. The van der Waals surface area contributed by atoms with E-state index in [-0.39, 0.29) is 0 Å². The highest BCUT2D eigenvalue weighted by Crippen LogP contribution is 2.24. The fourth-order valence-corrected chi connectivity index (χ4v) is 2.21. The van der Waals surface area contributed by atoms with Crippen LogP contribution < -0.4 is 5.32 Å². The van der Waals surface area contributed by atoms with E-state index in [0.717, 1.165) is 11.4 Å². The first-order chi connectivity index (χ1) is 6.77. The Morgan fingerprint density at radius 3 is 2.50 bits per heavy atom. The van der Waals surface area contributed by atoms with Crippen LogP contribution in [0.4, 0.5) is 5.69 Å². The molecule has 0 radical (unpaired) electrons. The zero-order valence-electron chi connectivity index (χ0n) is 9.06. The summed E-state index contributed by atoms with van der Waals surface area (Å²) in [6, 6.07) is 0.666. The number of hydrogen-bond acceptors (Lipinski definition) is 2. The molecule has 1 aliphatic carbocycles. The second-order valence-electron chi connectivity index (χ2n) is 4.29. The highest BCUT2D eigenvalue weighted by atomic mass is 15.2. The Kier molecular flexibility index (Phi) is 2.75. The summed E-state index contributed by atoms with van der Waals surface area (Å²) in [5, 5.41) is 10.8. The van der Waals surface area contributed by atoms with E-state index in [0.29, 0.717) is 6.04 Å². The zero-order valence-corrected chi connectivity index (χ0v) is 9.06. The monoisotopic (exact) mass is 193 g/mol. The summed E-state index contributed by atoms with van der Waals surface area (Å²) in [5.74, 6) is 0. The minimum Gasteiger partial charge on any atom is -0.379 e. The number of nitrogens with zero attached hydrogens (tertiary/aromatic N) is 1. The summed E-state index contributed by atoms with van der Waals surface area (Å²) in [6.07, 6.45) is 6.76. The van der Waals surface area contributed by atoms with Crippen LogP contribution in [0.5, 0.6) is 0 Å². The first-order valence-electron chi connectivity index (χ1n) is 5.55. The van der Waals surface area contributed by atoms with Gasteiger partial charge in [-0.2, -0.15) is 5.10 Å². The molecule has 0 aromatic carbocycles. The second kappa shape index (κ2) is 4.03. The molecule has 0 atom stereocenters. The Hall–Kier alpha value is -0.990. The van der Waals surface area contributed by atoms with E-state index in [9.17, 15) is 0 Å². The van der Waals surface area contributed by atoms with Gasteiger partial charge in [0.1, 0.15) is 0 Å². The van der Waals surface area contributed by atoms with Crippen molar-refractivity contribution in [2.75, 3.05) is 5.32 Å². The van der Waals surface area contributed by atoms with Gasteiger partial charge in [0.15, 0.2) is 0 Å². The molecule has 0 unspecified atom stereocenters. The topological polar surface area (TPSA) is 40.7 Å². The number of rotatable bonds is 2. The van der Waals surface area contributed by atoms with Crippen molar-refractivity contribution in [3.8, 4) is 0 Å². The quantitative estimate of drug-likeness (QED) is 0.758. The van der Waals surface area contributed by atoms with Crippen LogP contribution in [0.2, 0.25) is 0 Å². The molecular weight excluding hydrogens is 174 g/mol. The lowest BCUT2D eigenvalue weighted by Crippen LogP contribution is -2.22. The molecule has 0 amide bonds. The SMILES string of the molecule is Cc1n[nH]c(C)c1NC1CCCCC1. The summed E-state index contributed by atoms with van der Waals surface area (Å²) < 4.78 is 0. The smallest absolute Gasteiger partial charge is 0.0825 e. The van der Waals surface area contributed by atoms with E-state index < -0.39 is 0 Å². The maximum absolute atomic E-state index is 4.19. The third-order valence-electron chi connectivity index (χ3n) is 3.08. The predicted octanol–water partition coefficient (Wildman–Crippen LogP) is 2.77. The van der Waals surface area contributed by atoms with Crippen molar-refractivity contribution in [2.24, 2.45) is 0 Å². The number of aryl methyl sites for hydroxylation is 2. The van der Waals surface area contributed by atoms with Crippen molar-refractivity contribution < 1.29 is 0 Å². The van der Waals surface area contributed by atoms with Gasteiger partial charge in [0.25, 0.3) is 0 Å². The molecular formula is C11H19N3. The minimum atomic E-state index is 0.666. The molecule has 3 nitrogen and oxygen atoms in total. The van der Waals surface area contributed by atoms with Gasteiger partial charge in [0, 0.05) is 6.04 Å². The van der Waals surface area contributed by atoms with Gasteiger partial charge in [0.05, 0.1) is 17.1 Å². The highest BCUT2D eigenvalue weighted by molar-refractivity contribution is 5.52. The first kappa shape index (κ1) is 9.56. The van der Waals surface area contributed by atoms with Crippen LogP contribution in [0.3, 0.4) is 0 Å². The number of anilines is 1. The zero-order chi connectivity index (χ0) is 9.97. The first-order valence-corrected chi connectivity index (χ1v) is 5.55. The highest BCUT2D eigenvalue weighted by Gasteiger charge is 2.15. The van der Waals surface area contributed by atoms with E-state index >= 15 is 0 Å². The number of aromatic nitrogens is 2. The Balaban J connectivity index is 2.02. The summed E-state index contributed by atoms with van der Waals surface area (Å²) in [7, 11) is 0. The Morgan fingerprint density at radius 2 is 1.93 bits per heavy atom. The van der Waals surface area contributed by atoms with E-state index in [1.165, 1.54) is 37.8 Å². The van der Waals surface area contributed by atoms with Gasteiger partial charge < -0.3 is 5.32 Å². The lowest BCUT2D eigenvalue weighted by Gasteiger charge is -2.23. The lowest BCUT2D eigenvalue weighted by atomic mass is 9.95. The van der Waals surface area contributed by atoms with Crippen molar-refractivity contribution in [1.82, 2.24) is 10.2 Å². The number of H-pyrrole nitrogens is 1. The second-order valence-corrected chi connectivity index (χ2v) is 4.29. The molecule has 2 N–H and O–H groups in total. The molecule has 78 valence electrons. The van der Waals surface area contributed by atoms with Crippen molar-refractivity contribution in [2.45, 2.75) is 52.0 Å². The molecule has 1 aromatic rings. The molecule has 0 bridgehead atoms. The lowest BCUT2D eigenvalue weighted by molar-refractivity contribution is 0.462. The van der Waals surface area contributed by atoms with E-state index in [1.54, 1.807) is 0 Å². The largest absolute Gasteiger partial charge is 0.379 e. The molecule has 1 heterocycles. The maximum atomic E-state index is 4.19. The van der Waals surface area contributed by atoms with Crippen LogP contribution in [-0.4, -0.2) is 16.2 Å². The fraction of sp³-hybridized carbons (Fsp3) is 0.727. The van der Waals surface area contributed by atoms with Crippen LogP contribution in [0.15, 0.2) is 0 Å². The molecule has 2 rings (SSSR count). The minimum absolute atomic E-state index is 0.666. The Bertz CT molecular complexity index is 278. The summed E-state index contributed by atoms with van der Waals surface area (Å²) in [4.78, 5) is 0. The van der Waals surface area contributed by atoms with Gasteiger partial charge in [-0.15, -0.1) is 0 Å². The van der Waals surface area contributed by atoms with Crippen LogP contribution in [0, 0.1) is 13.8 Å². The van der Waals surface area contributed by atoms with Gasteiger partial charge in [-0.05, 0) is 26.7 Å². The number of nitrogens with one attached hydrogen (secondary N) is 2. The summed E-state index contributed by atoms with van der Waals surface area (Å²) >= 11 is 0. The van der Waals surface area contributed by atoms with E-state index in [1.807, 2.05) is 0 Å². The average Bonchev–Trinajstić information content (AvgIpc) is 2.51. The van der Waals surface area contributed by atoms with Crippen molar-refractivity contribution in [1.29, 1.82) is 0 Å². The van der Waals surface area contributed by atoms with Crippen molar-refractivity contribution in [3.05, 3.63) is 11.4 Å². The summed E-state index contributed by atoms with van der Waals surface area (Å²) in [5.41, 5.74) is 3.47. The van der Waals surface area contributed by atoms with E-state index in [2.05, 4.69) is 29.4 Å². The fourth-order valence-electron chi connectivity index (χ4n) is 2.21. The molecule has 0 spiro atoms. The van der Waals surface area contributed by atoms with Gasteiger partial charge in [-0.3, -0.25) is 5.10 Å². The van der Waals surface area contributed by atoms with Crippen LogP contribution >= 0.6 is 0 Å². The number of aromatic amines is 1. The summed E-state index contributed by atoms with van der Waals surface area (Å²) in [6.45, 7) is 4.12.